The van der Waals surface area contributed by atoms with Crippen LogP contribution in [0.3, 0.4) is 0 Å². The van der Waals surface area contributed by atoms with Gasteiger partial charge in [0, 0.05) is 6.04 Å². The monoisotopic (exact) mass is 213 g/mol. The Labute approximate surface area is 89.5 Å². The summed E-state index contributed by atoms with van der Waals surface area (Å²) in [5.74, 6) is 0. The topological polar surface area (TPSA) is 12.0 Å². The lowest BCUT2D eigenvalue weighted by Crippen LogP contribution is -2.34. The van der Waals surface area contributed by atoms with Gasteiger partial charge in [-0.05, 0) is 26.3 Å². The molecule has 0 heterocycles. The van der Waals surface area contributed by atoms with Gasteiger partial charge in [0.1, 0.15) is 0 Å². The molecule has 15 heavy (non-hydrogen) atoms. The van der Waals surface area contributed by atoms with Crippen molar-refractivity contribution in [2.24, 2.45) is 0 Å². The Balaban J connectivity index is 2.61. The molecule has 0 amide bonds. The molecule has 1 aromatic rings. The molecule has 0 spiro atoms. The van der Waals surface area contributed by atoms with Crippen molar-refractivity contribution in [2.75, 3.05) is 0 Å². The van der Waals surface area contributed by atoms with Crippen LogP contribution in [-0.2, 0) is 0 Å². The largest absolute Gasteiger partial charge is 0.302 e. The van der Waals surface area contributed by atoms with Gasteiger partial charge in [-0.3, -0.25) is 0 Å². The maximum Gasteiger partial charge on any atom is 0.253 e. The highest BCUT2D eigenvalue weighted by Crippen LogP contribution is 2.15. The second-order valence-corrected chi connectivity index (χ2v) is 3.92. The minimum atomic E-state index is -2.32. The molecule has 1 aromatic carbocycles. The molecule has 0 radical (unpaired) electrons. The van der Waals surface area contributed by atoms with Gasteiger partial charge in [0.15, 0.2) is 0 Å². The molecule has 3 heteroatoms. The van der Waals surface area contributed by atoms with Crippen molar-refractivity contribution in [1.82, 2.24) is 5.32 Å². The van der Waals surface area contributed by atoms with Crippen molar-refractivity contribution in [3.8, 4) is 0 Å². The van der Waals surface area contributed by atoms with Gasteiger partial charge in [-0.1, -0.05) is 29.8 Å². The third kappa shape index (κ3) is 3.59. The van der Waals surface area contributed by atoms with Crippen LogP contribution >= 0.6 is 0 Å². The van der Waals surface area contributed by atoms with Crippen LogP contribution in [0.25, 0.3) is 0 Å². The van der Waals surface area contributed by atoms with Crippen LogP contribution in [0.5, 0.6) is 0 Å². The molecule has 0 aliphatic heterocycles. The van der Waals surface area contributed by atoms with E-state index in [2.05, 4.69) is 5.32 Å². The van der Waals surface area contributed by atoms with E-state index in [4.69, 9.17) is 0 Å². The van der Waals surface area contributed by atoms with Crippen LogP contribution in [0.4, 0.5) is 8.78 Å². The highest BCUT2D eigenvalue weighted by atomic mass is 19.3. The summed E-state index contributed by atoms with van der Waals surface area (Å²) < 4.78 is 24.6. The minimum absolute atomic E-state index is 0.0467. The molecule has 1 rings (SSSR count). The number of aryl methyl sites for hydroxylation is 1. The Kier molecular flexibility index (Phi) is 4.21. The molecule has 0 aliphatic rings. The lowest BCUT2D eigenvalue weighted by atomic mass is 10.1. The summed E-state index contributed by atoms with van der Waals surface area (Å²) >= 11 is 0. The van der Waals surface area contributed by atoms with Crippen LogP contribution in [0, 0.1) is 6.92 Å². The van der Waals surface area contributed by atoms with Crippen molar-refractivity contribution < 1.29 is 8.78 Å². The van der Waals surface area contributed by atoms with E-state index in [1.54, 1.807) is 0 Å². The van der Waals surface area contributed by atoms with E-state index in [-0.39, 0.29) is 6.04 Å². The number of benzene rings is 1. The summed E-state index contributed by atoms with van der Waals surface area (Å²) in [5.41, 5.74) is 2.21. The average Bonchev–Trinajstić information content (AvgIpc) is 2.18. The normalized spacial score (nSPS) is 15.3. The lowest BCUT2D eigenvalue weighted by Gasteiger charge is -2.19. The lowest BCUT2D eigenvalue weighted by molar-refractivity contribution is 0.101. The Hall–Kier alpha value is -0.960. The van der Waals surface area contributed by atoms with E-state index in [9.17, 15) is 8.78 Å². The first-order chi connectivity index (χ1) is 7.00. The molecule has 0 aliphatic carbocycles. The first-order valence-corrected chi connectivity index (χ1v) is 5.11. The molecule has 0 saturated heterocycles. The van der Waals surface area contributed by atoms with Gasteiger partial charge < -0.3 is 5.32 Å². The van der Waals surface area contributed by atoms with Crippen molar-refractivity contribution in [3.63, 3.8) is 0 Å². The van der Waals surface area contributed by atoms with Crippen molar-refractivity contribution >= 4 is 0 Å². The van der Waals surface area contributed by atoms with E-state index >= 15 is 0 Å². The summed E-state index contributed by atoms with van der Waals surface area (Å²) in [5, 5.41) is 2.87. The van der Waals surface area contributed by atoms with Gasteiger partial charge >= 0.3 is 0 Å². The summed E-state index contributed by atoms with van der Waals surface area (Å²) in [6, 6.07) is 7.08. The van der Waals surface area contributed by atoms with Crippen LogP contribution in [0.1, 0.15) is 31.0 Å². The van der Waals surface area contributed by atoms with Gasteiger partial charge in [-0.15, -0.1) is 0 Å². The number of hydrogen-bond donors (Lipinski definition) is 1. The summed E-state index contributed by atoms with van der Waals surface area (Å²) in [6.45, 7) is 5.39. The quantitative estimate of drug-likeness (QED) is 0.809. The van der Waals surface area contributed by atoms with Gasteiger partial charge in [-0.25, -0.2) is 8.78 Å². The molecule has 0 bridgehead atoms. The Bertz CT molecular complexity index is 295. The fourth-order valence-corrected chi connectivity index (χ4v) is 1.42. The van der Waals surface area contributed by atoms with E-state index < -0.39 is 12.5 Å². The maximum absolute atomic E-state index is 12.3. The predicted molar refractivity (Wildman–Crippen MR) is 58.2 cm³/mol. The van der Waals surface area contributed by atoms with Gasteiger partial charge in [0.05, 0.1) is 6.04 Å². The molecule has 0 aromatic heterocycles. The molecule has 84 valence electrons. The molecule has 2 atom stereocenters. The van der Waals surface area contributed by atoms with Gasteiger partial charge in [0.2, 0.25) is 0 Å². The zero-order valence-electron chi connectivity index (χ0n) is 9.30. The standard InChI is InChI=1S/C12H17F2N/c1-8-4-6-11(7-5-8)9(2)15-10(3)12(13)14/h4-7,9-10,12,15H,1-3H3/t9-,10?/m0/s1. The zero-order valence-corrected chi connectivity index (χ0v) is 9.30. The molecule has 0 fully saturated rings. The highest BCUT2D eigenvalue weighted by molar-refractivity contribution is 5.23. The van der Waals surface area contributed by atoms with E-state index in [1.807, 2.05) is 38.1 Å². The van der Waals surface area contributed by atoms with Crippen molar-refractivity contribution in [3.05, 3.63) is 35.4 Å². The Morgan fingerprint density at radius 1 is 1.07 bits per heavy atom. The first kappa shape index (κ1) is 12.1. The third-order valence-electron chi connectivity index (χ3n) is 2.47. The van der Waals surface area contributed by atoms with E-state index in [0.717, 1.165) is 5.56 Å². The zero-order chi connectivity index (χ0) is 11.4. The van der Waals surface area contributed by atoms with Crippen LogP contribution < -0.4 is 5.32 Å². The molecular weight excluding hydrogens is 196 g/mol. The summed E-state index contributed by atoms with van der Waals surface area (Å²) in [6.07, 6.45) is -2.32. The van der Waals surface area contributed by atoms with Crippen LogP contribution in [0.15, 0.2) is 24.3 Å². The third-order valence-corrected chi connectivity index (χ3v) is 2.47. The molecule has 1 N–H and O–H groups in total. The van der Waals surface area contributed by atoms with Crippen LogP contribution in [0.2, 0.25) is 0 Å². The summed E-state index contributed by atoms with van der Waals surface area (Å²) in [7, 11) is 0. The SMILES string of the molecule is Cc1ccc([C@H](C)NC(C)C(F)F)cc1. The Morgan fingerprint density at radius 3 is 2.07 bits per heavy atom. The number of alkyl halides is 2. The highest BCUT2D eigenvalue weighted by Gasteiger charge is 2.17. The minimum Gasteiger partial charge on any atom is -0.302 e. The molecule has 1 unspecified atom stereocenters. The smallest absolute Gasteiger partial charge is 0.253 e. The first-order valence-electron chi connectivity index (χ1n) is 5.11. The molecular formula is C12H17F2N. The molecule has 0 saturated carbocycles. The second-order valence-electron chi connectivity index (χ2n) is 3.92. The van der Waals surface area contributed by atoms with E-state index in [1.165, 1.54) is 12.5 Å². The fourth-order valence-electron chi connectivity index (χ4n) is 1.42. The van der Waals surface area contributed by atoms with Gasteiger partial charge in [0.25, 0.3) is 6.43 Å². The van der Waals surface area contributed by atoms with Gasteiger partial charge in [-0.2, -0.15) is 0 Å². The maximum atomic E-state index is 12.3. The number of nitrogens with one attached hydrogen (secondary N) is 1. The predicted octanol–water partition coefficient (Wildman–Crippen LogP) is 3.30. The summed E-state index contributed by atoms with van der Waals surface area (Å²) in [4.78, 5) is 0. The number of hydrogen-bond acceptors (Lipinski definition) is 1. The van der Waals surface area contributed by atoms with Crippen molar-refractivity contribution in [2.45, 2.75) is 39.3 Å². The van der Waals surface area contributed by atoms with Crippen LogP contribution in [-0.4, -0.2) is 12.5 Å². The molecule has 1 nitrogen and oxygen atoms in total. The average molecular weight is 213 g/mol. The second kappa shape index (κ2) is 5.21. The fraction of sp³-hybridized carbons (Fsp3) is 0.500. The van der Waals surface area contributed by atoms with E-state index in [0.29, 0.717) is 0 Å². The van der Waals surface area contributed by atoms with Crippen molar-refractivity contribution in [1.29, 1.82) is 0 Å². The number of halogens is 2. The number of rotatable bonds is 4. The Morgan fingerprint density at radius 2 is 1.60 bits per heavy atom.